The molecule has 8 nitrogen and oxygen atoms in total. The molecule has 1 atom stereocenters. The molecule has 2 amide bonds. The van der Waals surface area contributed by atoms with Gasteiger partial charge in [-0.1, -0.05) is 51.8 Å². The van der Waals surface area contributed by atoms with Gasteiger partial charge in [-0.3, -0.25) is 13.9 Å². The third-order valence-corrected chi connectivity index (χ3v) is 8.47. The molecule has 0 saturated heterocycles. The van der Waals surface area contributed by atoms with Crippen LogP contribution < -0.4 is 14.4 Å². The molecule has 0 spiro atoms. The van der Waals surface area contributed by atoms with Crippen LogP contribution in [0.4, 0.5) is 5.69 Å². The number of halogens is 2. The van der Waals surface area contributed by atoms with Crippen molar-refractivity contribution in [3.8, 4) is 5.75 Å². The number of hydrogen-bond donors (Lipinski definition) is 1. The van der Waals surface area contributed by atoms with Crippen molar-refractivity contribution in [2.24, 2.45) is 0 Å². The first-order valence-corrected chi connectivity index (χ1v) is 15.4. The largest absolute Gasteiger partial charge is 0.492 e. The molecule has 0 heterocycles. The number of amides is 2. The Morgan fingerprint density at radius 3 is 2.30 bits per heavy atom. The first kappa shape index (κ1) is 31.4. The molecule has 3 aromatic carbocycles. The monoisotopic (exact) mass is 649 g/mol. The Morgan fingerprint density at radius 2 is 1.68 bits per heavy atom. The molecule has 0 radical (unpaired) electrons. The molecule has 0 saturated carbocycles. The minimum atomic E-state index is -4.25. The number of carbonyl (C=O) groups is 2. The summed E-state index contributed by atoms with van der Waals surface area (Å²) in [6.07, 6.45) is 0. The van der Waals surface area contributed by atoms with Gasteiger partial charge in [-0.15, -0.1) is 0 Å². The van der Waals surface area contributed by atoms with Gasteiger partial charge in [0, 0.05) is 22.1 Å². The highest BCUT2D eigenvalue weighted by molar-refractivity contribution is 9.10. The Labute approximate surface area is 249 Å². The third kappa shape index (κ3) is 7.99. The molecule has 1 N–H and O–H groups in total. The van der Waals surface area contributed by atoms with Crippen molar-refractivity contribution in [3.63, 3.8) is 0 Å². The first-order valence-electron chi connectivity index (χ1n) is 12.8. The summed E-state index contributed by atoms with van der Waals surface area (Å²) in [5, 5.41) is 3.22. The van der Waals surface area contributed by atoms with Gasteiger partial charge in [0.15, 0.2) is 0 Å². The fraction of sp³-hybridized carbons (Fsp3) is 0.310. The number of para-hydroxylation sites is 2. The number of benzene rings is 3. The summed E-state index contributed by atoms with van der Waals surface area (Å²) in [6, 6.07) is 18.7. The van der Waals surface area contributed by atoms with Crippen LogP contribution in [0.2, 0.25) is 5.02 Å². The molecule has 0 aliphatic carbocycles. The van der Waals surface area contributed by atoms with Crippen LogP contribution in [0.5, 0.6) is 5.75 Å². The summed E-state index contributed by atoms with van der Waals surface area (Å²) in [5.41, 5.74) is 0.975. The van der Waals surface area contributed by atoms with Gasteiger partial charge < -0.3 is 15.0 Å². The summed E-state index contributed by atoms with van der Waals surface area (Å²) in [6.45, 7) is 6.89. The van der Waals surface area contributed by atoms with E-state index in [0.717, 1.165) is 14.3 Å². The summed E-state index contributed by atoms with van der Waals surface area (Å²) in [5.74, 6) is -0.602. The SMILES string of the molecule is CCOc1ccccc1N(CC(=O)N(Cc1cccc(Br)c1)[C@@H](C)C(=O)NC(C)C)S(=O)(=O)c1ccc(Cl)cc1. The van der Waals surface area contributed by atoms with E-state index < -0.39 is 28.5 Å². The molecule has 0 bridgehead atoms. The number of ether oxygens (including phenoxy) is 1. The zero-order valence-electron chi connectivity index (χ0n) is 22.8. The van der Waals surface area contributed by atoms with Crippen LogP contribution in [-0.4, -0.2) is 50.4 Å². The van der Waals surface area contributed by atoms with E-state index in [1.54, 1.807) is 38.1 Å². The molecule has 40 heavy (non-hydrogen) atoms. The highest BCUT2D eigenvalue weighted by atomic mass is 79.9. The Bertz CT molecular complexity index is 1430. The maximum Gasteiger partial charge on any atom is 0.264 e. The summed E-state index contributed by atoms with van der Waals surface area (Å²) in [4.78, 5) is 28.4. The van der Waals surface area contributed by atoms with E-state index in [1.807, 2.05) is 38.1 Å². The van der Waals surface area contributed by atoms with Crippen molar-refractivity contribution in [3.05, 3.63) is 87.9 Å². The molecule has 214 valence electrons. The van der Waals surface area contributed by atoms with E-state index in [9.17, 15) is 18.0 Å². The average Bonchev–Trinajstić information content (AvgIpc) is 2.90. The lowest BCUT2D eigenvalue weighted by molar-refractivity contribution is -0.139. The van der Waals surface area contributed by atoms with Crippen LogP contribution in [0.1, 0.15) is 33.3 Å². The first-order chi connectivity index (χ1) is 18.9. The summed E-state index contributed by atoms with van der Waals surface area (Å²) >= 11 is 9.45. The van der Waals surface area contributed by atoms with Crippen molar-refractivity contribution < 1.29 is 22.7 Å². The number of nitrogens with one attached hydrogen (secondary N) is 1. The van der Waals surface area contributed by atoms with Gasteiger partial charge in [-0.2, -0.15) is 0 Å². The van der Waals surface area contributed by atoms with Gasteiger partial charge in [-0.25, -0.2) is 8.42 Å². The Kier molecular flexibility index (Phi) is 11.0. The number of nitrogens with zero attached hydrogens (tertiary/aromatic N) is 2. The molecular formula is C29H33BrClN3O5S. The number of anilines is 1. The predicted molar refractivity (Wildman–Crippen MR) is 161 cm³/mol. The fourth-order valence-corrected chi connectivity index (χ4v) is 6.00. The minimum Gasteiger partial charge on any atom is -0.492 e. The van der Waals surface area contributed by atoms with Crippen molar-refractivity contribution in [2.45, 2.75) is 51.2 Å². The standard InChI is InChI=1S/C29H33BrClN3O5S/c1-5-39-27-12-7-6-11-26(27)34(40(37,38)25-15-13-24(31)14-16-25)19-28(35)33(21(4)29(36)32-20(2)3)18-22-9-8-10-23(30)17-22/h6-17,20-21H,5,18-19H2,1-4H3,(H,32,36)/t21-/m0/s1. The fourth-order valence-electron chi connectivity index (χ4n) is 4.01. The molecule has 0 fully saturated rings. The lowest BCUT2D eigenvalue weighted by Gasteiger charge is -2.32. The van der Waals surface area contributed by atoms with Crippen molar-refractivity contribution in [1.29, 1.82) is 0 Å². The zero-order chi connectivity index (χ0) is 29.4. The molecule has 3 aromatic rings. The highest BCUT2D eigenvalue weighted by Gasteiger charge is 2.34. The Morgan fingerprint density at radius 1 is 1.00 bits per heavy atom. The van der Waals surface area contributed by atoms with Crippen LogP contribution in [0.25, 0.3) is 0 Å². The quantitative estimate of drug-likeness (QED) is 0.274. The predicted octanol–water partition coefficient (Wildman–Crippen LogP) is 5.64. The van der Waals surface area contributed by atoms with Crippen LogP contribution >= 0.6 is 27.5 Å². The number of carbonyl (C=O) groups excluding carboxylic acids is 2. The highest BCUT2D eigenvalue weighted by Crippen LogP contribution is 2.33. The molecular weight excluding hydrogens is 618 g/mol. The molecule has 0 unspecified atom stereocenters. The maximum atomic E-state index is 14.0. The maximum absolute atomic E-state index is 14.0. The van der Waals surface area contributed by atoms with Gasteiger partial charge in [-0.05, 0) is 81.8 Å². The molecule has 3 rings (SSSR count). The van der Waals surface area contributed by atoms with Gasteiger partial charge in [0.05, 0.1) is 17.2 Å². The van der Waals surface area contributed by atoms with Gasteiger partial charge in [0.2, 0.25) is 11.8 Å². The van der Waals surface area contributed by atoms with Gasteiger partial charge >= 0.3 is 0 Å². The topological polar surface area (TPSA) is 96.0 Å². The average molecular weight is 651 g/mol. The normalized spacial score (nSPS) is 12.1. The molecule has 0 aliphatic rings. The van der Waals surface area contributed by atoms with E-state index in [0.29, 0.717) is 17.4 Å². The van der Waals surface area contributed by atoms with Crippen molar-refractivity contribution in [2.75, 3.05) is 17.5 Å². The van der Waals surface area contributed by atoms with E-state index in [1.165, 1.54) is 29.2 Å². The summed E-state index contributed by atoms with van der Waals surface area (Å²) in [7, 11) is -4.25. The molecule has 0 aromatic heterocycles. The van der Waals surface area contributed by atoms with Crippen molar-refractivity contribution >= 4 is 55.1 Å². The van der Waals surface area contributed by atoms with Crippen LogP contribution in [0.15, 0.2) is 82.2 Å². The number of hydrogen-bond acceptors (Lipinski definition) is 5. The second-order valence-corrected chi connectivity index (χ2v) is 12.6. The number of rotatable bonds is 12. The van der Waals surface area contributed by atoms with Crippen LogP contribution in [0.3, 0.4) is 0 Å². The zero-order valence-corrected chi connectivity index (χ0v) is 26.0. The lowest BCUT2D eigenvalue weighted by Crippen LogP contribution is -2.52. The second-order valence-electron chi connectivity index (χ2n) is 9.36. The van der Waals surface area contributed by atoms with Crippen LogP contribution in [-0.2, 0) is 26.2 Å². The smallest absolute Gasteiger partial charge is 0.264 e. The van der Waals surface area contributed by atoms with E-state index in [2.05, 4.69) is 21.2 Å². The molecule has 11 heteroatoms. The molecule has 0 aliphatic heterocycles. The van der Waals surface area contributed by atoms with Crippen molar-refractivity contribution in [1.82, 2.24) is 10.2 Å². The van der Waals surface area contributed by atoms with Gasteiger partial charge in [0.25, 0.3) is 10.0 Å². The second kappa shape index (κ2) is 14.0. The van der Waals surface area contributed by atoms with Gasteiger partial charge in [0.1, 0.15) is 18.3 Å². The third-order valence-electron chi connectivity index (χ3n) is 5.95. The van der Waals surface area contributed by atoms with E-state index >= 15 is 0 Å². The Hall–Kier alpha value is -3.08. The van der Waals surface area contributed by atoms with E-state index in [4.69, 9.17) is 16.3 Å². The summed E-state index contributed by atoms with van der Waals surface area (Å²) < 4.78 is 35.5. The minimum absolute atomic E-state index is 0.0415. The number of sulfonamides is 1. The van der Waals surface area contributed by atoms with Crippen LogP contribution in [0, 0.1) is 0 Å². The Balaban J connectivity index is 2.09. The van der Waals surface area contributed by atoms with E-state index in [-0.39, 0.29) is 29.1 Å². The lowest BCUT2D eigenvalue weighted by atomic mass is 10.1.